The molecule has 1 rings (SSSR count). The van der Waals surface area contributed by atoms with Crippen LogP contribution in [0.1, 0.15) is 18.9 Å². The molecule has 4 nitrogen and oxygen atoms in total. The van der Waals surface area contributed by atoms with Crippen LogP contribution in [0, 0.1) is 5.82 Å². The molecule has 0 saturated heterocycles. The van der Waals surface area contributed by atoms with Gasteiger partial charge in [-0.1, -0.05) is 22.9 Å². The van der Waals surface area contributed by atoms with E-state index in [1.54, 1.807) is 12.1 Å². The summed E-state index contributed by atoms with van der Waals surface area (Å²) in [5, 5.41) is 3.12. The fourth-order valence-electron chi connectivity index (χ4n) is 1.84. The van der Waals surface area contributed by atoms with E-state index >= 15 is 0 Å². The van der Waals surface area contributed by atoms with Crippen LogP contribution in [0.15, 0.2) is 22.7 Å². The predicted octanol–water partition coefficient (Wildman–Crippen LogP) is 2.35. The van der Waals surface area contributed by atoms with Crippen LogP contribution in [0.3, 0.4) is 0 Å². The van der Waals surface area contributed by atoms with Gasteiger partial charge in [0.15, 0.2) is 0 Å². The Kier molecular flexibility index (Phi) is 7.08. The summed E-state index contributed by atoms with van der Waals surface area (Å²) in [6.45, 7) is 3.82. The van der Waals surface area contributed by atoms with Crippen molar-refractivity contribution in [3.63, 3.8) is 0 Å². The summed E-state index contributed by atoms with van der Waals surface area (Å²) in [6.07, 6.45) is 1.90. The van der Waals surface area contributed by atoms with Crippen LogP contribution < -0.4 is 5.32 Å². The summed E-state index contributed by atoms with van der Waals surface area (Å²) >= 11 is 3.30. The molecule has 114 valence electrons. The van der Waals surface area contributed by atoms with Gasteiger partial charge < -0.3 is 5.32 Å². The number of rotatable bonds is 8. The Morgan fingerprint density at radius 3 is 2.70 bits per heavy atom. The summed E-state index contributed by atoms with van der Waals surface area (Å²) in [6, 6.07) is 4.81. The molecule has 0 saturated carbocycles. The Bertz CT molecular complexity index is 537. The largest absolute Gasteiger partial charge is 0.313 e. The van der Waals surface area contributed by atoms with Crippen molar-refractivity contribution in [3.05, 3.63) is 34.1 Å². The number of hydrogen-bond acceptors (Lipinski definition) is 3. The molecular formula is C13H20BrFN2O2S. The summed E-state index contributed by atoms with van der Waals surface area (Å²) in [5.74, 6) is -0.243. The molecule has 0 aliphatic rings. The molecule has 0 aliphatic carbocycles. The third-order valence-corrected chi connectivity index (χ3v) is 4.78. The molecule has 7 heteroatoms. The number of nitrogens with one attached hydrogen (secondary N) is 1. The zero-order valence-electron chi connectivity index (χ0n) is 11.7. The molecule has 0 atom stereocenters. The van der Waals surface area contributed by atoms with E-state index in [4.69, 9.17) is 0 Å². The summed E-state index contributed by atoms with van der Waals surface area (Å²) in [7, 11) is -3.13. The first-order chi connectivity index (χ1) is 9.34. The van der Waals surface area contributed by atoms with E-state index in [1.165, 1.54) is 16.6 Å². The molecule has 1 aromatic carbocycles. The van der Waals surface area contributed by atoms with Crippen LogP contribution in [0.4, 0.5) is 4.39 Å². The molecule has 0 radical (unpaired) electrons. The van der Waals surface area contributed by atoms with Gasteiger partial charge in [0, 0.05) is 29.7 Å². The van der Waals surface area contributed by atoms with Gasteiger partial charge in [0.1, 0.15) is 5.82 Å². The smallest absolute Gasteiger partial charge is 0.211 e. The van der Waals surface area contributed by atoms with Crippen LogP contribution in [-0.2, 0) is 16.6 Å². The number of sulfonamides is 1. The molecule has 1 aromatic rings. The van der Waals surface area contributed by atoms with Gasteiger partial charge in [-0.15, -0.1) is 0 Å². The number of halogens is 2. The molecule has 1 N–H and O–H groups in total. The maximum absolute atomic E-state index is 13.5. The maximum atomic E-state index is 13.5. The van der Waals surface area contributed by atoms with Crippen molar-refractivity contribution in [2.24, 2.45) is 0 Å². The van der Waals surface area contributed by atoms with Gasteiger partial charge in [-0.05, 0) is 31.2 Å². The van der Waals surface area contributed by atoms with Crippen molar-refractivity contribution < 1.29 is 12.8 Å². The topological polar surface area (TPSA) is 49.4 Å². The van der Waals surface area contributed by atoms with Gasteiger partial charge in [0.25, 0.3) is 0 Å². The Labute approximate surface area is 128 Å². The molecule has 0 bridgehead atoms. The van der Waals surface area contributed by atoms with Crippen molar-refractivity contribution >= 4 is 26.0 Å². The van der Waals surface area contributed by atoms with Crippen molar-refractivity contribution in [2.45, 2.75) is 19.9 Å². The summed E-state index contributed by atoms with van der Waals surface area (Å²) < 4.78 is 38.5. The second-order valence-corrected chi connectivity index (χ2v) is 7.42. The fraction of sp³-hybridized carbons (Fsp3) is 0.538. The van der Waals surface area contributed by atoms with Gasteiger partial charge in [-0.25, -0.2) is 17.1 Å². The number of nitrogens with zero attached hydrogens (tertiary/aromatic N) is 1. The third-order valence-electron chi connectivity index (χ3n) is 2.91. The maximum Gasteiger partial charge on any atom is 0.211 e. The lowest BCUT2D eigenvalue weighted by Gasteiger charge is -2.17. The molecule has 20 heavy (non-hydrogen) atoms. The van der Waals surface area contributed by atoms with Crippen LogP contribution in [-0.4, -0.2) is 38.6 Å². The Hall–Kier alpha value is -0.500. The molecule has 0 aliphatic heterocycles. The molecule has 0 amide bonds. The summed E-state index contributed by atoms with van der Waals surface area (Å²) in [5.41, 5.74) is 0.592. The van der Waals surface area contributed by atoms with Gasteiger partial charge in [-0.3, -0.25) is 0 Å². The molecule has 0 aromatic heterocycles. The first kappa shape index (κ1) is 17.6. The normalized spacial score (nSPS) is 12.1. The summed E-state index contributed by atoms with van der Waals surface area (Å²) in [4.78, 5) is 0. The fourth-order valence-corrected chi connectivity index (χ4v) is 3.18. The van der Waals surface area contributed by atoms with E-state index in [1.807, 2.05) is 6.92 Å². The number of hydrogen-bond donors (Lipinski definition) is 1. The van der Waals surface area contributed by atoms with E-state index in [2.05, 4.69) is 21.2 Å². The van der Waals surface area contributed by atoms with E-state index in [9.17, 15) is 12.8 Å². The van der Waals surface area contributed by atoms with Crippen LogP contribution >= 0.6 is 15.9 Å². The minimum Gasteiger partial charge on any atom is -0.313 e. The highest BCUT2D eigenvalue weighted by atomic mass is 79.9. The lowest BCUT2D eigenvalue weighted by molar-refractivity contribution is 0.418. The first-order valence-electron chi connectivity index (χ1n) is 6.44. The quantitative estimate of drug-likeness (QED) is 0.718. The van der Waals surface area contributed by atoms with E-state index in [0.717, 1.165) is 4.47 Å². The highest BCUT2D eigenvalue weighted by Gasteiger charge is 2.13. The van der Waals surface area contributed by atoms with Gasteiger partial charge >= 0.3 is 0 Å². The zero-order chi connectivity index (χ0) is 15.2. The minimum atomic E-state index is -3.13. The molecule has 0 fully saturated rings. The second kappa shape index (κ2) is 8.07. The Morgan fingerprint density at radius 2 is 2.10 bits per heavy atom. The number of benzene rings is 1. The predicted molar refractivity (Wildman–Crippen MR) is 82.5 cm³/mol. The lowest BCUT2D eigenvalue weighted by atomic mass is 10.2. The third kappa shape index (κ3) is 5.87. The Balaban J connectivity index is 2.34. The SMILES string of the molecule is CCN(CCCNCc1cc(Br)ccc1F)S(C)(=O)=O. The second-order valence-electron chi connectivity index (χ2n) is 4.52. The van der Waals surface area contributed by atoms with E-state index in [-0.39, 0.29) is 5.82 Å². The van der Waals surface area contributed by atoms with Gasteiger partial charge in [0.05, 0.1) is 6.26 Å². The average molecular weight is 367 g/mol. The monoisotopic (exact) mass is 366 g/mol. The highest BCUT2D eigenvalue weighted by molar-refractivity contribution is 9.10. The first-order valence-corrected chi connectivity index (χ1v) is 9.08. The van der Waals surface area contributed by atoms with Gasteiger partial charge in [-0.2, -0.15) is 0 Å². The lowest BCUT2D eigenvalue weighted by Crippen LogP contribution is -2.32. The molecule has 0 heterocycles. The zero-order valence-corrected chi connectivity index (χ0v) is 14.1. The van der Waals surface area contributed by atoms with E-state index < -0.39 is 10.0 Å². The van der Waals surface area contributed by atoms with E-state index in [0.29, 0.717) is 38.2 Å². The van der Waals surface area contributed by atoms with Crippen molar-refractivity contribution in [3.8, 4) is 0 Å². The Morgan fingerprint density at radius 1 is 1.40 bits per heavy atom. The standard InChI is InChI=1S/C13H20BrFN2O2S/c1-3-17(20(2,18)19)8-4-7-16-10-11-9-12(14)5-6-13(11)15/h5-6,9,16H,3-4,7-8,10H2,1-2H3. The molecule has 0 unspecified atom stereocenters. The van der Waals surface area contributed by atoms with Crippen molar-refractivity contribution in [2.75, 3.05) is 25.9 Å². The molecule has 0 spiro atoms. The van der Waals surface area contributed by atoms with Crippen LogP contribution in [0.5, 0.6) is 0 Å². The van der Waals surface area contributed by atoms with Crippen molar-refractivity contribution in [1.82, 2.24) is 9.62 Å². The van der Waals surface area contributed by atoms with Crippen LogP contribution in [0.2, 0.25) is 0 Å². The van der Waals surface area contributed by atoms with Crippen LogP contribution in [0.25, 0.3) is 0 Å². The highest BCUT2D eigenvalue weighted by Crippen LogP contribution is 2.15. The minimum absolute atomic E-state index is 0.243. The average Bonchev–Trinajstić information content (AvgIpc) is 2.36. The van der Waals surface area contributed by atoms with Crippen molar-refractivity contribution in [1.29, 1.82) is 0 Å². The van der Waals surface area contributed by atoms with Gasteiger partial charge in [0.2, 0.25) is 10.0 Å². The molecular weight excluding hydrogens is 347 g/mol.